The number of aromatic nitrogens is 3. The smallest absolute Gasteiger partial charge is 0.387 e. The lowest BCUT2D eigenvalue weighted by atomic mass is 10.0. The Balaban J connectivity index is 1.97. The SMILES string of the molecule is FC(F)Oc1cnc(Cl)nc1-c1cn2c3c(cccc13)CCC2. The van der Waals surface area contributed by atoms with Gasteiger partial charge in [-0.2, -0.15) is 8.78 Å². The van der Waals surface area contributed by atoms with Gasteiger partial charge in [0.1, 0.15) is 5.69 Å². The number of benzene rings is 1. The lowest BCUT2D eigenvalue weighted by Crippen LogP contribution is -2.05. The van der Waals surface area contributed by atoms with Crippen LogP contribution in [0.4, 0.5) is 8.78 Å². The molecule has 0 N–H and O–H groups in total. The molecule has 4 nitrogen and oxygen atoms in total. The first-order valence-corrected chi connectivity index (χ1v) is 7.60. The van der Waals surface area contributed by atoms with E-state index in [0.717, 1.165) is 35.9 Å². The maximum Gasteiger partial charge on any atom is 0.387 e. The van der Waals surface area contributed by atoms with Crippen LogP contribution in [0.5, 0.6) is 5.75 Å². The van der Waals surface area contributed by atoms with Crippen LogP contribution in [-0.2, 0) is 13.0 Å². The van der Waals surface area contributed by atoms with Crippen LogP contribution in [0.25, 0.3) is 22.2 Å². The molecule has 1 aliphatic heterocycles. The summed E-state index contributed by atoms with van der Waals surface area (Å²) in [5.41, 5.74) is 3.37. The third-order valence-corrected chi connectivity index (χ3v) is 4.21. The Hall–Kier alpha value is -2.21. The van der Waals surface area contributed by atoms with Crippen molar-refractivity contribution in [1.82, 2.24) is 14.5 Å². The Morgan fingerprint density at radius 2 is 2.17 bits per heavy atom. The zero-order valence-electron chi connectivity index (χ0n) is 12.0. The minimum Gasteiger partial charge on any atom is -0.431 e. The number of alkyl halides is 2. The molecule has 4 rings (SSSR count). The fourth-order valence-corrected chi connectivity index (χ4v) is 3.30. The van der Waals surface area contributed by atoms with E-state index >= 15 is 0 Å². The van der Waals surface area contributed by atoms with Gasteiger partial charge in [0.2, 0.25) is 5.28 Å². The van der Waals surface area contributed by atoms with Crippen molar-refractivity contribution in [2.75, 3.05) is 0 Å². The van der Waals surface area contributed by atoms with Crippen LogP contribution in [0.3, 0.4) is 0 Å². The quantitative estimate of drug-likeness (QED) is 0.670. The number of ether oxygens (including phenoxy) is 1. The number of rotatable bonds is 3. The van der Waals surface area contributed by atoms with Crippen LogP contribution in [0.15, 0.2) is 30.6 Å². The molecule has 0 fully saturated rings. The number of nitrogens with zero attached hydrogens (tertiary/aromatic N) is 3. The van der Waals surface area contributed by atoms with Crippen molar-refractivity contribution in [2.45, 2.75) is 26.0 Å². The van der Waals surface area contributed by atoms with Gasteiger partial charge in [-0.25, -0.2) is 9.97 Å². The average molecular weight is 336 g/mol. The average Bonchev–Trinajstić information content (AvgIpc) is 2.90. The summed E-state index contributed by atoms with van der Waals surface area (Å²) < 4.78 is 32.0. The largest absolute Gasteiger partial charge is 0.431 e. The van der Waals surface area contributed by atoms with Crippen LogP contribution in [-0.4, -0.2) is 21.1 Å². The molecular formula is C16H12ClF2N3O. The summed E-state index contributed by atoms with van der Waals surface area (Å²) >= 11 is 5.87. The number of aryl methyl sites for hydroxylation is 2. The first-order chi connectivity index (χ1) is 11.1. The van der Waals surface area contributed by atoms with E-state index in [1.807, 2.05) is 18.3 Å². The molecule has 1 aliphatic rings. The topological polar surface area (TPSA) is 39.9 Å². The van der Waals surface area contributed by atoms with Gasteiger partial charge in [-0.1, -0.05) is 18.2 Å². The molecule has 3 aromatic rings. The normalized spacial score (nSPS) is 13.7. The predicted molar refractivity (Wildman–Crippen MR) is 82.9 cm³/mol. The summed E-state index contributed by atoms with van der Waals surface area (Å²) in [6.45, 7) is -2.06. The Morgan fingerprint density at radius 1 is 1.30 bits per heavy atom. The van der Waals surface area contributed by atoms with E-state index in [-0.39, 0.29) is 16.7 Å². The van der Waals surface area contributed by atoms with Gasteiger partial charge in [0, 0.05) is 23.7 Å². The summed E-state index contributed by atoms with van der Waals surface area (Å²) in [7, 11) is 0. The van der Waals surface area contributed by atoms with Crippen LogP contribution in [0.2, 0.25) is 5.28 Å². The predicted octanol–water partition coefficient (Wildman–Crippen LogP) is 4.30. The first-order valence-electron chi connectivity index (χ1n) is 7.22. The van der Waals surface area contributed by atoms with Crippen LogP contribution in [0.1, 0.15) is 12.0 Å². The molecule has 0 amide bonds. The maximum absolute atomic E-state index is 12.7. The van der Waals surface area contributed by atoms with Crippen molar-refractivity contribution in [3.8, 4) is 17.0 Å². The minimum atomic E-state index is -2.95. The standard InChI is InChI=1S/C16H12ClF2N3O/c17-15-20-7-12(23-16(18)19)13(21-15)11-8-22-6-2-4-9-3-1-5-10(11)14(9)22/h1,3,5,7-8,16H,2,4,6H2. The molecule has 0 aliphatic carbocycles. The molecule has 2 aromatic heterocycles. The second-order valence-corrected chi connectivity index (χ2v) is 5.72. The molecule has 23 heavy (non-hydrogen) atoms. The van der Waals surface area contributed by atoms with Gasteiger partial charge < -0.3 is 9.30 Å². The molecule has 0 saturated heterocycles. The van der Waals surface area contributed by atoms with Crippen molar-refractivity contribution in [1.29, 1.82) is 0 Å². The highest BCUT2D eigenvalue weighted by atomic mass is 35.5. The first kappa shape index (κ1) is 14.4. The van der Waals surface area contributed by atoms with E-state index in [1.165, 1.54) is 11.8 Å². The molecule has 7 heteroatoms. The minimum absolute atomic E-state index is 0.00598. The highest BCUT2D eigenvalue weighted by Gasteiger charge is 2.21. The fourth-order valence-electron chi connectivity index (χ4n) is 3.17. The Morgan fingerprint density at radius 3 is 3.00 bits per heavy atom. The maximum atomic E-state index is 12.7. The number of hydrogen-bond donors (Lipinski definition) is 0. The second-order valence-electron chi connectivity index (χ2n) is 5.38. The molecule has 0 radical (unpaired) electrons. The van der Waals surface area contributed by atoms with E-state index < -0.39 is 6.61 Å². The van der Waals surface area contributed by atoms with Crippen molar-refractivity contribution >= 4 is 22.5 Å². The van der Waals surface area contributed by atoms with Crippen LogP contribution in [0, 0.1) is 0 Å². The summed E-state index contributed by atoms with van der Waals surface area (Å²) in [6, 6.07) is 6.01. The number of halogens is 3. The summed E-state index contributed by atoms with van der Waals surface area (Å²) in [5.74, 6) is -0.0758. The summed E-state index contributed by atoms with van der Waals surface area (Å²) in [5, 5.41) is 0.949. The monoisotopic (exact) mass is 335 g/mol. The Kier molecular flexibility index (Phi) is 3.41. The van der Waals surface area contributed by atoms with Gasteiger partial charge in [-0.15, -0.1) is 0 Å². The number of para-hydroxylation sites is 1. The van der Waals surface area contributed by atoms with Gasteiger partial charge in [-0.05, 0) is 30.0 Å². The number of hydrogen-bond acceptors (Lipinski definition) is 3. The summed E-state index contributed by atoms with van der Waals surface area (Å²) in [6.07, 6.45) is 5.16. The molecule has 0 bridgehead atoms. The zero-order chi connectivity index (χ0) is 16.0. The molecule has 0 saturated carbocycles. The van der Waals surface area contributed by atoms with E-state index in [1.54, 1.807) is 0 Å². The second kappa shape index (κ2) is 5.45. The van der Waals surface area contributed by atoms with Gasteiger partial charge in [0.05, 0.1) is 11.7 Å². The third-order valence-electron chi connectivity index (χ3n) is 4.02. The molecular weight excluding hydrogens is 324 g/mol. The van der Waals surface area contributed by atoms with Crippen molar-refractivity contribution < 1.29 is 13.5 Å². The van der Waals surface area contributed by atoms with E-state index in [9.17, 15) is 8.78 Å². The zero-order valence-corrected chi connectivity index (χ0v) is 12.7. The third kappa shape index (κ3) is 2.43. The molecule has 0 spiro atoms. The molecule has 0 unspecified atom stereocenters. The Bertz CT molecular complexity index is 894. The van der Waals surface area contributed by atoms with Crippen molar-refractivity contribution in [3.05, 3.63) is 41.4 Å². The lowest BCUT2D eigenvalue weighted by Gasteiger charge is -2.14. The molecule has 0 atom stereocenters. The van der Waals surface area contributed by atoms with E-state index in [2.05, 4.69) is 25.3 Å². The van der Waals surface area contributed by atoms with E-state index in [0.29, 0.717) is 0 Å². The lowest BCUT2D eigenvalue weighted by molar-refractivity contribution is -0.0498. The van der Waals surface area contributed by atoms with Crippen LogP contribution >= 0.6 is 11.6 Å². The van der Waals surface area contributed by atoms with E-state index in [4.69, 9.17) is 11.6 Å². The van der Waals surface area contributed by atoms with Crippen molar-refractivity contribution in [3.63, 3.8) is 0 Å². The van der Waals surface area contributed by atoms with Gasteiger partial charge in [0.25, 0.3) is 0 Å². The highest BCUT2D eigenvalue weighted by Crippen LogP contribution is 2.38. The molecule has 1 aromatic carbocycles. The van der Waals surface area contributed by atoms with Gasteiger partial charge >= 0.3 is 6.61 Å². The Labute approximate surface area is 135 Å². The van der Waals surface area contributed by atoms with Gasteiger partial charge in [-0.3, -0.25) is 0 Å². The molecule has 118 valence electrons. The van der Waals surface area contributed by atoms with Crippen LogP contribution < -0.4 is 4.74 Å². The van der Waals surface area contributed by atoms with Crippen molar-refractivity contribution in [2.24, 2.45) is 0 Å². The fraction of sp³-hybridized carbons (Fsp3) is 0.250. The summed E-state index contributed by atoms with van der Waals surface area (Å²) in [4.78, 5) is 7.87. The van der Waals surface area contributed by atoms with Gasteiger partial charge in [0.15, 0.2) is 5.75 Å². The molecule has 3 heterocycles. The highest BCUT2D eigenvalue weighted by molar-refractivity contribution is 6.28.